The van der Waals surface area contributed by atoms with Crippen LogP contribution in [0.15, 0.2) is 0 Å². The minimum Gasteiger partial charge on any atom is -0.199 e. The third-order valence-corrected chi connectivity index (χ3v) is 10.2. The normalized spacial score (nSPS) is 17.4. The number of alkyl halides is 30. The molecule has 0 heterocycles. The van der Waals surface area contributed by atoms with Gasteiger partial charge in [0.05, 0.1) is 0 Å². The van der Waals surface area contributed by atoms with Gasteiger partial charge in [0.1, 0.15) is 0 Å². The van der Waals surface area contributed by atoms with Gasteiger partial charge in [0.25, 0.3) is 0 Å². The van der Waals surface area contributed by atoms with Crippen molar-refractivity contribution in [2.45, 2.75) is 133 Å². The Kier molecular flexibility index (Phi) is 16.1. The zero-order valence-electron chi connectivity index (χ0n) is 27.6. The molecule has 0 aliphatic carbocycles. The largest absolute Gasteiger partial charge is 0.389 e. The molecule has 0 saturated heterocycles. The molecule has 2 unspecified atom stereocenters. The Balaban J connectivity index is 7.21. The van der Waals surface area contributed by atoms with E-state index in [-0.39, 0.29) is 0 Å². The van der Waals surface area contributed by atoms with Crippen molar-refractivity contribution < 1.29 is 132 Å². The predicted octanol–water partition coefficient (Wildman–Crippen LogP) is 11.5. The van der Waals surface area contributed by atoms with Gasteiger partial charge in [-0.25, -0.2) is 0 Å². The molecule has 0 saturated carbocycles. The van der Waals surface area contributed by atoms with Crippen LogP contribution in [-0.2, 0) is 0 Å². The van der Waals surface area contributed by atoms with E-state index in [2.05, 4.69) is 0 Å². The van der Waals surface area contributed by atoms with E-state index in [1.807, 2.05) is 0 Å². The number of halogens is 30. The highest BCUT2D eigenvalue weighted by molar-refractivity contribution is 8.01. The van der Waals surface area contributed by atoms with E-state index in [1.165, 1.54) is 0 Å². The van der Waals surface area contributed by atoms with Crippen LogP contribution in [0.4, 0.5) is 132 Å². The fourth-order valence-corrected chi connectivity index (χ4v) is 6.99. The number of hydrogen-bond donors (Lipinski definition) is 0. The smallest absolute Gasteiger partial charge is 0.199 e. The summed E-state index contributed by atoms with van der Waals surface area (Å²) in [6.45, 7) is 0. The highest BCUT2D eigenvalue weighted by Crippen LogP contribution is 2.68. The second kappa shape index (κ2) is 16.5. The third-order valence-electron chi connectivity index (χ3n) is 8.04. The zero-order valence-corrected chi connectivity index (χ0v) is 32.4. The first-order chi connectivity index (χ1) is 24.5. The van der Waals surface area contributed by atoms with Gasteiger partial charge in [-0.15, -0.1) is 0 Å². The lowest BCUT2D eigenvalue weighted by Crippen LogP contribution is -2.72. The van der Waals surface area contributed by atoms with Crippen LogP contribution in [0.3, 0.4) is 0 Å². The Morgan fingerprint density at radius 2 is 0.509 bits per heavy atom. The molecular formula is C24H24F30SSi2. The first kappa shape index (κ1) is 55.7. The molecule has 2 atom stereocenters. The maximum Gasteiger partial charge on any atom is 0.389 e. The Morgan fingerprint density at radius 3 is 0.702 bits per heavy atom. The highest BCUT2D eigenvalue weighted by atomic mass is 32.2. The van der Waals surface area contributed by atoms with Gasteiger partial charge in [0.2, 0.25) is 0 Å². The summed E-state index contributed by atoms with van der Waals surface area (Å²) in [5.41, 5.74) is 0. The molecule has 0 aliphatic rings. The van der Waals surface area contributed by atoms with E-state index in [9.17, 15) is 132 Å². The standard InChI is InChI=1S/C24H24F30SSi2/c25-11(26,27)5-1-9(3-7-56)13(31,32)15(35,36)17(39,40)19(43,44)21(47,48)23(51,52)55-24(53,54)22(49,50)20(45,46)18(41,42)16(37,38)14(33,34)10(4-8-57)2-6-12(28,29)30/h9-10H,1-8H2,56-57H3. The van der Waals surface area contributed by atoms with Gasteiger partial charge in [0, 0.05) is 45.2 Å². The molecule has 33 heteroatoms. The summed E-state index contributed by atoms with van der Waals surface area (Å²) in [5.74, 6) is -92.0. The summed E-state index contributed by atoms with van der Waals surface area (Å²) in [5, 5.41) is -17.1. The Hall–Kier alpha value is -1.32. The quantitative estimate of drug-likeness (QED) is 0.0770. The SMILES string of the molecule is FC(F)(F)CCC(CC[SiH3])C(F)(F)C(F)(F)C(F)(F)C(F)(F)C(F)(F)C(F)(F)SC(F)(F)C(F)(F)C(F)(F)C(F)(F)C(F)(F)C(F)(F)C(CC[SiH3])CCC(F)(F)F. The van der Waals surface area contributed by atoms with Gasteiger partial charge in [-0.1, -0.05) is 12.1 Å². The van der Waals surface area contributed by atoms with Crippen LogP contribution in [0.1, 0.15) is 38.5 Å². The summed E-state index contributed by atoms with van der Waals surface area (Å²) in [7, 11) is -0.934. The average molecular weight is 971 g/mol. The van der Waals surface area contributed by atoms with Gasteiger partial charge in [-0.3, -0.25) is 0 Å². The monoisotopic (exact) mass is 970 g/mol. The highest BCUT2D eigenvalue weighted by Gasteiger charge is 2.94. The third kappa shape index (κ3) is 9.76. The molecular weight excluding hydrogens is 946 g/mol. The van der Waals surface area contributed by atoms with E-state index >= 15 is 0 Å². The predicted molar refractivity (Wildman–Crippen MR) is 143 cm³/mol. The van der Waals surface area contributed by atoms with Crippen LogP contribution in [0, 0.1) is 11.8 Å². The lowest BCUT2D eigenvalue weighted by atomic mass is 9.83. The Labute approximate surface area is 309 Å². The van der Waals surface area contributed by atoms with Crippen LogP contribution in [0.25, 0.3) is 0 Å². The van der Waals surface area contributed by atoms with Crippen molar-refractivity contribution >= 4 is 32.2 Å². The number of hydrogen-bond acceptors (Lipinski definition) is 1. The van der Waals surface area contributed by atoms with Crippen LogP contribution in [0.2, 0.25) is 12.1 Å². The molecule has 57 heavy (non-hydrogen) atoms. The van der Waals surface area contributed by atoms with E-state index in [1.54, 1.807) is 0 Å². The van der Waals surface area contributed by atoms with Crippen LogP contribution >= 0.6 is 11.8 Å². The van der Waals surface area contributed by atoms with Crippen molar-refractivity contribution in [3.05, 3.63) is 0 Å². The van der Waals surface area contributed by atoms with Crippen molar-refractivity contribution in [3.63, 3.8) is 0 Å². The minimum absolute atomic E-state index is 0.467. The molecule has 0 radical (unpaired) electrons. The van der Waals surface area contributed by atoms with E-state index in [0.717, 1.165) is 0 Å². The average Bonchev–Trinajstić information content (AvgIpc) is 2.98. The molecule has 344 valence electrons. The van der Waals surface area contributed by atoms with E-state index < -0.39 is 177 Å². The summed E-state index contributed by atoms with van der Waals surface area (Å²) in [4.78, 5) is 0. The molecule has 0 aromatic heterocycles. The molecule has 0 nitrogen and oxygen atoms in total. The van der Waals surface area contributed by atoms with Crippen molar-refractivity contribution in [3.8, 4) is 0 Å². The molecule has 0 rings (SSSR count). The molecule has 0 aliphatic heterocycles. The number of thioether (sulfide) groups is 1. The summed E-state index contributed by atoms with van der Waals surface area (Å²) < 4.78 is 418. The maximum atomic E-state index is 14.5. The molecule has 0 fully saturated rings. The summed E-state index contributed by atoms with van der Waals surface area (Å²) >= 11 is -4.61. The zero-order chi connectivity index (χ0) is 46.5. The molecule has 0 aromatic carbocycles. The van der Waals surface area contributed by atoms with Crippen LogP contribution in [-0.4, -0.2) is 103 Å². The lowest BCUT2D eigenvalue weighted by Gasteiger charge is -2.44. The Morgan fingerprint density at radius 1 is 0.298 bits per heavy atom. The molecule has 0 aromatic rings. The molecule has 0 N–H and O–H groups in total. The van der Waals surface area contributed by atoms with Gasteiger partial charge >= 0.3 is 82.1 Å². The van der Waals surface area contributed by atoms with Crippen molar-refractivity contribution in [1.29, 1.82) is 0 Å². The first-order valence-electron chi connectivity index (χ1n) is 14.9. The van der Waals surface area contributed by atoms with Crippen molar-refractivity contribution in [1.82, 2.24) is 0 Å². The topological polar surface area (TPSA) is 0 Å². The van der Waals surface area contributed by atoms with Crippen LogP contribution in [0.5, 0.6) is 0 Å². The van der Waals surface area contributed by atoms with Crippen LogP contribution < -0.4 is 0 Å². The second-order valence-electron chi connectivity index (χ2n) is 12.3. The Bertz CT molecular complexity index is 1220. The van der Waals surface area contributed by atoms with Gasteiger partial charge in [-0.2, -0.15) is 132 Å². The molecule has 0 spiro atoms. The molecule has 0 bridgehead atoms. The fraction of sp³-hybridized carbons (Fsp3) is 1.00. The molecule has 0 amide bonds. The fourth-order valence-electron chi connectivity index (χ4n) is 4.76. The van der Waals surface area contributed by atoms with Crippen molar-refractivity contribution in [2.75, 3.05) is 0 Å². The van der Waals surface area contributed by atoms with E-state index in [4.69, 9.17) is 0 Å². The first-order valence-corrected chi connectivity index (χ1v) is 18.6. The minimum atomic E-state index is -9.04. The van der Waals surface area contributed by atoms with E-state index in [0.29, 0.717) is 0 Å². The summed E-state index contributed by atoms with van der Waals surface area (Å²) in [6, 6.07) is -1.76. The lowest BCUT2D eigenvalue weighted by molar-refractivity contribution is -0.424. The maximum absolute atomic E-state index is 14.5. The second-order valence-corrected chi connectivity index (χ2v) is 15.5. The summed E-state index contributed by atoms with van der Waals surface area (Å²) in [6.07, 6.45) is -24.7. The van der Waals surface area contributed by atoms with Gasteiger partial charge in [0.15, 0.2) is 0 Å². The number of rotatable bonds is 22. The van der Waals surface area contributed by atoms with Crippen molar-refractivity contribution in [2.24, 2.45) is 11.8 Å². The van der Waals surface area contributed by atoms with Gasteiger partial charge in [-0.05, 0) is 37.4 Å². The van der Waals surface area contributed by atoms with Gasteiger partial charge < -0.3 is 0 Å².